The molecule has 0 aliphatic carbocycles. The predicted molar refractivity (Wildman–Crippen MR) is 95.8 cm³/mol. The summed E-state index contributed by atoms with van der Waals surface area (Å²) in [5.41, 5.74) is 2.25. The van der Waals surface area contributed by atoms with Crippen LogP contribution in [0.1, 0.15) is 41.3 Å². The zero-order chi connectivity index (χ0) is 20.5. The number of halogens is 3. The van der Waals surface area contributed by atoms with Gasteiger partial charge in [0.05, 0.1) is 0 Å². The summed E-state index contributed by atoms with van der Waals surface area (Å²) in [6, 6.07) is 5.27. The molecule has 5 nitrogen and oxygen atoms in total. The van der Waals surface area contributed by atoms with Crippen molar-refractivity contribution in [1.82, 2.24) is 9.80 Å². The van der Waals surface area contributed by atoms with Gasteiger partial charge in [-0.05, 0) is 42.9 Å². The van der Waals surface area contributed by atoms with Gasteiger partial charge < -0.3 is 9.80 Å². The van der Waals surface area contributed by atoms with Gasteiger partial charge in [-0.25, -0.2) is 0 Å². The number of alkyl halides is 3. The van der Waals surface area contributed by atoms with Crippen molar-refractivity contribution in [3.05, 3.63) is 34.9 Å². The van der Waals surface area contributed by atoms with Gasteiger partial charge in [0.25, 0.3) is 0 Å². The first kappa shape index (κ1) is 20.4. The van der Waals surface area contributed by atoms with Crippen LogP contribution in [0, 0.1) is 5.92 Å². The van der Waals surface area contributed by atoms with Crippen LogP contribution < -0.4 is 0 Å². The van der Waals surface area contributed by atoms with Crippen LogP contribution in [0.2, 0.25) is 0 Å². The van der Waals surface area contributed by atoms with Gasteiger partial charge >= 0.3 is 12.1 Å². The van der Waals surface area contributed by atoms with E-state index < -0.39 is 12.1 Å². The minimum atomic E-state index is -4.87. The molecular formula is C20H23F3N2O3. The molecular weight excluding hydrogens is 373 g/mol. The van der Waals surface area contributed by atoms with Gasteiger partial charge in [0.2, 0.25) is 5.91 Å². The van der Waals surface area contributed by atoms with E-state index in [1.54, 1.807) is 23.1 Å². The zero-order valence-corrected chi connectivity index (χ0v) is 15.7. The molecule has 0 spiro atoms. The molecule has 0 radical (unpaired) electrons. The fraction of sp³-hybridized carbons (Fsp3) is 0.550. The van der Waals surface area contributed by atoms with Crippen molar-refractivity contribution in [2.75, 3.05) is 26.2 Å². The molecule has 28 heavy (non-hydrogen) atoms. The maximum atomic E-state index is 12.8. The molecule has 0 bridgehead atoms. The molecule has 8 heteroatoms. The van der Waals surface area contributed by atoms with Crippen LogP contribution in [-0.2, 0) is 22.4 Å². The maximum Gasteiger partial charge on any atom is 0.471 e. The number of Topliss-reactive ketones (excluding diaryl/α,β-unsaturated/α-hetero) is 1. The molecule has 1 aromatic rings. The monoisotopic (exact) mass is 396 g/mol. The van der Waals surface area contributed by atoms with E-state index in [9.17, 15) is 27.6 Å². The van der Waals surface area contributed by atoms with E-state index in [1.807, 2.05) is 0 Å². The number of ketones is 1. The fourth-order valence-corrected chi connectivity index (χ4v) is 3.95. The summed E-state index contributed by atoms with van der Waals surface area (Å²) in [4.78, 5) is 38.3. The van der Waals surface area contributed by atoms with Gasteiger partial charge in [-0.1, -0.05) is 12.1 Å². The lowest BCUT2D eigenvalue weighted by Gasteiger charge is -2.30. The number of rotatable bonds is 2. The second kappa shape index (κ2) is 7.93. The summed E-state index contributed by atoms with van der Waals surface area (Å²) in [5.74, 6) is -1.94. The van der Waals surface area contributed by atoms with Crippen molar-refractivity contribution in [2.24, 2.45) is 5.92 Å². The van der Waals surface area contributed by atoms with Gasteiger partial charge in [-0.3, -0.25) is 14.4 Å². The SMILES string of the molecule is CC(=O)N1CCC(C(=O)c2ccc3c(c2)CCN(C(=O)C(F)(F)F)CC3)CC1. The zero-order valence-electron chi connectivity index (χ0n) is 15.7. The number of benzene rings is 1. The van der Waals surface area contributed by atoms with Crippen LogP contribution in [-0.4, -0.2) is 59.8 Å². The highest BCUT2D eigenvalue weighted by Gasteiger charge is 2.42. The van der Waals surface area contributed by atoms with Gasteiger partial charge in [0.1, 0.15) is 0 Å². The molecule has 2 aliphatic rings. The summed E-state index contributed by atoms with van der Waals surface area (Å²) in [6.07, 6.45) is -3.01. The number of fused-ring (bicyclic) bond motifs is 1. The number of carbonyl (C=O) groups excluding carboxylic acids is 3. The molecule has 3 rings (SSSR count). The van der Waals surface area contributed by atoms with Crippen LogP contribution in [0.3, 0.4) is 0 Å². The van der Waals surface area contributed by atoms with E-state index in [1.165, 1.54) is 6.92 Å². The molecule has 2 aliphatic heterocycles. The number of hydrogen-bond acceptors (Lipinski definition) is 3. The van der Waals surface area contributed by atoms with Gasteiger partial charge in [-0.2, -0.15) is 13.2 Å². The first-order chi connectivity index (χ1) is 13.2. The molecule has 0 aromatic heterocycles. The number of piperidine rings is 1. The van der Waals surface area contributed by atoms with Gasteiger partial charge in [0, 0.05) is 44.6 Å². The highest BCUT2D eigenvalue weighted by atomic mass is 19.4. The largest absolute Gasteiger partial charge is 0.471 e. The number of amides is 2. The Bertz CT molecular complexity index is 783. The minimum absolute atomic E-state index is 0.00823. The Morgan fingerprint density at radius 2 is 1.54 bits per heavy atom. The van der Waals surface area contributed by atoms with Crippen molar-refractivity contribution < 1.29 is 27.6 Å². The van der Waals surface area contributed by atoms with E-state index in [4.69, 9.17) is 0 Å². The Kier molecular flexibility index (Phi) is 5.76. The van der Waals surface area contributed by atoms with Crippen LogP contribution in [0.5, 0.6) is 0 Å². The maximum absolute atomic E-state index is 12.8. The van der Waals surface area contributed by atoms with E-state index in [0.29, 0.717) is 44.3 Å². The number of likely N-dealkylation sites (tertiary alicyclic amines) is 1. The third-order valence-corrected chi connectivity index (χ3v) is 5.63. The third kappa shape index (κ3) is 4.36. The Morgan fingerprint density at radius 3 is 2.11 bits per heavy atom. The van der Waals surface area contributed by atoms with Gasteiger partial charge in [0.15, 0.2) is 5.78 Å². The molecule has 0 atom stereocenters. The van der Waals surface area contributed by atoms with E-state index >= 15 is 0 Å². The lowest BCUT2D eigenvalue weighted by atomic mass is 9.87. The average molecular weight is 396 g/mol. The molecule has 152 valence electrons. The molecule has 1 aromatic carbocycles. The summed E-state index contributed by atoms with van der Waals surface area (Å²) in [6.45, 7) is 2.64. The smallest absolute Gasteiger partial charge is 0.343 e. The Balaban J connectivity index is 1.68. The number of carbonyl (C=O) groups is 3. The van der Waals surface area contributed by atoms with Crippen LogP contribution in [0.25, 0.3) is 0 Å². The van der Waals surface area contributed by atoms with Crippen LogP contribution in [0.4, 0.5) is 13.2 Å². The average Bonchev–Trinajstić information content (AvgIpc) is 2.88. The van der Waals surface area contributed by atoms with E-state index in [-0.39, 0.29) is 30.7 Å². The van der Waals surface area contributed by atoms with Crippen LogP contribution >= 0.6 is 0 Å². The van der Waals surface area contributed by atoms with Crippen molar-refractivity contribution in [2.45, 2.75) is 38.8 Å². The first-order valence-corrected chi connectivity index (χ1v) is 9.44. The summed E-state index contributed by atoms with van der Waals surface area (Å²) < 4.78 is 38.1. The summed E-state index contributed by atoms with van der Waals surface area (Å²) in [5, 5.41) is 0. The van der Waals surface area contributed by atoms with Gasteiger partial charge in [-0.15, -0.1) is 0 Å². The quantitative estimate of drug-likeness (QED) is 0.722. The Morgan fingerprint density at radius 1 is 0.929 bits per heavy atom. The number of hydrogen-bond donors (Lipinski definition) is 0. The van der Waals surface area contributed by atoms with Crippen LogP contribution in [0.15, 0.2) is 18.2 Å². The minimum Gasteiger partial charge on any atom is -0.343 e. The topological polar surface area (TPSA) is 57.7 Å². The molecule has 1 fully saturated rings. The Hall–Kier alpha value is -2.38. The predicted octanol–water partition coefficient (Wildman–Crippen LogP) is 2.62. The van der Waals surface area contributed by atoms with Crippen molar-refractivity contribution >= 4 is 17.6 Å². The standard InChI is InChI=1S/C20H23F3N2O3/c1-13(26)24-8-5-15(6-9-24)18(27)17-3-2-14-4-10-25(11-7-16(14)12-17)19(28)20(21,22)23/h2-3,12,15H,4-11H2,1H3. The summed E-state index contributed by atoms with van der Waals surface area (Å²) in [7, 11) is 0. The molecule has 2 amide bonds. The highest BCUT2D eigenvalue weighted by molar-refractivity contribution is 5.98. The van der Waals surface area contributed by atoms with E-state index in [2.05, 4.69) is 0 Å². The first-order valence-electron chi connectivity index (χ1n) is 9.44. The molecule has 1 saturated heterocycles. The lowest BCUT2D eigenvalue weighted by Crippen LogP contribution is -2.42. The second-order valence-electron chi connectivity index (χ2n) is 7.42. The Labute approximate surface area is 161 Å². The molecule has 0 unspecified atom stereocenters. The summed E-state index contributed by atoms with van der Waals surface area (Å²) >= 11 is 0. The normalized spacial score (nSPS) is 18.4. The molecule has 2 heterocycles. The number of nitrogens with zero attached hydrogens (tertiary/aromatic N) is 2. The molecule has 0 N–H and O–H groups in total. The van der Waals surface area contributed by atoms with Crippen molar-refractivity contribution in [3.8, 4) is 0 Å². The second-order valence-corrected chi connectivity index (χ2v) is 7.42. The van der Waals surface area contributed by atoms with Crippen molar-refractivity contribution in [1.29, 1.82) is 0 Å². The fourth-order valence-electron chi connectivity index (χ4n) is 3.95. The highest BCUT2D eigenvalue weighted by Crippen LogP contribution is 2.26. The van der Waals surface area contributed by atoms with E-state index in [0.717, 1.165) is 16.0 Å². The van der Waals surface area contributed by atoms with Crippen molar-refractivity contribution in [3.63, 3.8) is 0 Å². The third-order valence-electron chi connectivity index (χ3n) is 5.63. The molecule has 0 saturated carbocycles. The lowest BCUT2D eigenvalue weighted by molar-refractivity contribution is -0.185.